The number of hydrogen-bond donors (Lipinski definition) is 2. The third kappa shape index (κ3) is 5.05. The maximum atomic E-state index is 12.0. The van der Waals surface area contributed by atoms with Crippen LogP contribution in [-0.4, -0.2) is 18.4 Å². The Labute approximate surface area is 130 Å². The van der Waals surface area contributed by atoms with Gasteiger partial charge in [-0.3, -0.25) is 9.59 Å². The number of nitrogens with one attached hydrogen (secondary N) is 2. The molecule has 2 N–H and O–H groups in total. The zero-order valence-electron chi connectivity index (χ0n) is 12.4. The predicted molar refractivity (Wildman–Crippen MR) is 82.9 cm³/mol. The number of carbonyl (C=O) groups excluding carboxylic acids is 2. The third-order valence-electron chi connectivity index (χ3n) is 3.88. The lowest BCUT2D eigenvalue weighted by Crippen LogP contribution is -2.27. The smallest absolute Gasteiger partial charge is 0.220 e. The molecule has 4 nitrogen and oxygen atoms in total. The second-order valence-electron chi connectivity index (χ2n) is 5.74. The van der Waals surface area contributed by atoms with Crippen molar-refractivity contribution in [1.82, 2.24) is 10.6 Å². The van der Waals surface area contributed by atoms with Crippen LogP contribution in [0.2, 0.25) is 5.02 Å². The Morgan fingerprint density at radius 3 is 2.57 bits per heavy atom. The van der Waals surface area contributed by atoms with Gasteiger partial charge in [0.25, 0.3) is 0 Å². The van der Waals surface area contributed by atoms with Gasteiger partial charge in [-0.2, -0.15) is 0 Å². The van der Waals surface area contributed by atoms with Crippen molar-refractivity contribution in [3.63, 3.8) is 0 Å². The summed E-state index contributed by atoms with van der Waals surface area (Å²) in [6, 6.07) is 7.46. The van der Waals surface area contributed by atoms with Crippen LogP contribution in [0.1, 0.15) is 38.3 Å². The van der Waals surface area contributed by atoms with E-state index < -0.39 is 0 Å². The van der Waals surface area contributed by atoms with Gasteiger partial charge in [-0.1, -0.05) is 23.7 Å². The van der Waals surface area contributed by atoms with E-state index in [4.69, 9.17) is 11.6 Å². The molecular formula is C16H21ClN2O2. The molecule has 0 saturated heterocycles. The fourth-order valence-electron chi connectivity index (χ4n) is 2.46. The number of rotatable bonds is 6. The zero-order valence-corrected chi connectivity index (χ0v) is 13.1. The van der Waals surface area contributed by atoms with E-state index in [-0.39, 0.29) is 17.9 Å². The second-order valence-corrected chi connectivity index (χ2v) is 6.17. The highest BCUT2D eigenvalue weighted by Crippen LogP contribution is 2.40. The predicted octanol–water partition coefficient (Wildman–Crippen LogP) is 2.68. The standard InChI is InChI=1S/C16H21ClN2O2/c1-10(12-3-5-15(17)6-4-12)19-16(21)8-13-7-14(13)9-18-11(2)20/h3-6,10,13-14H,7-9H2,1-2H3,(H,18,20)(H,19,21). The van der Waals surface area contributed by atoms with Crippen LogP contribution < -0.4 is 10.6 Å². The van der Waals surface area contributed by atoms with Crippen molar-refractivity contribution in [3.8, 4) is 0 Å². The monoisotopic (exact) mass is 308 g/mol. The Morgan fingerprint density at radius 1 is 1.29 bits per heavy atom. The van der Waals surface area contributed by atoms with E-state index in [0.717, 1.165) is 12.0 Å². The number of amides is 2. The molecule has 0 spiro atoms. The summed E-state index contributed by atoms with van der Waals surface area (Å²) in [6.45, 7) is 4.15. The van der Waals surface area contributed by atoms with Gasteiger partial charge in [-0.05, 0) is 42.9 Å². The summed E-state index contributed by atoms with van der Waals surface area (Å²) in [5.41, 5.74) is 1.04. The fraction of sp³-hybridized carbons (Fsp3) is 0.500. The van der Waals surface area contributed by atoms with Crippen LogP contribution in [0.3, 0.4) is 0 Å². The molecule has 0 bridgehead atoms. The molecule has 3 unspecified atom stereocenters. The van der Waals surface area contributed by atoms with E-state index in [1.807, 2.05) is 31.2 Å². The first kappa shape index (κ1) is 15.8. The maximum Gasteiger partial charge on any atom is 0.220 e. The lowest BCUT2D eigenvalue weighted by Gasteiger charge is -2.14. The molecule has 2 rings (SSSR count). The highest BCUT2D eigenvalue weighted by Gasteiger charge is 2.38. The summed E-state index contributed by atoms with van der Waals surface area (Å²) < 4.78 is 0. The van der Waals surface area contributed by atoms with Gasteiger partial charge in [0.05, 0.1) is 6.04 Å². The molecule has 5 heteroatoms. The Kier molecular flexibility index (Phi) is 5.23. The minimum absolute atomic E-state index is 0.0125. The van der Waals surface area contributed by atoms with Gasteiger partial charge in [0, 0.05) is 24.9 Å². The van der Waals surface area contributed by atoms with Crippen LogP contribution >= 0.6 is 11.6 Å². The van der Waals surface area contributed by atoms with Crippen LogP contribution in [-0.2, 0) is 9.59 Å². The van der Waals surface area contributed by atoms with Gasteiger partial charge in [-0.25, -0.2) is 0 Å². The lowest BCUT2D eigenvalue weighted by atomic mass is 10.1. The summed E-state index contributed by atoms with van der Waals surface area (Å²) in [7, 11) is 0. The van der Waals surface area contributed by atoms with Gasteiger partial charge in [0.15, 0.2) is 0 Å². The van der Waals surface area contributed by atoms with Crippen molar-refractivity contribution in [3.05, 3.63) is 34.9 Å². The highest BCUT2D eigenvalue weighted by atomic mass is 35.5. The minimum Gasteiger partial charge on any atom is -0.356 e. The van der Waals surface area contributed by atoms with E-state index in [2.05, 4.69) is 10.6 Å². The normalized spacial score (nSPS) is 21.5. The molecule has 0 radical (unpaired) electrons. The van der Waals surface area contributed by atoms with E-state index in [1.54, 1.807) is 0 Å². The Morgan fingerprint density at radius 2 is 1.95 bits per heavy atom. The first-order valence-corrected chi connectivity index (χ1v) is 7.62. The molecule has 1 saturated carbocycles. The molecule has 1 aromatic rings. The van der Waals surface area contributed by atoms with Crippen molar-refractivity contribution < 1.29 is 9.59 Å². The molecule has 21 heavy (non-hydrogen) atoms. The lowest BCUT2D eigenvalue weighted by molar-refractivity contribution is -0.122. The van der Waals surface area contributed by atoms with E-state index >= 15 is 0 Å². The molecule has 1 aliphatic rings. The van der Waals surface area contributed by atoms with Crippen molar-refractivity contribution in [2.75, 3.05) is 6.54 Å². The van der Waals surface area contributed by atoms with E-state index in [1.165, 1.54) is 6.92 Å². The second kappa shape index (κ2) is 6.94. The van der Waals surface area contributed by atoms with Crippen molar-refractivity contribution >= 4 is 23.4 Å². The summed E-state index contributed by atoms with van der Waals surface area (Å²) >= 11 is 5.85. The first-order valence-electron chi connectivity index (χ1n) is 7.25. The minimum atomic E-state index is -0.0256. The molecule has 1 aromatic carbocycles. The first-order chi connectivity index (χ1) is 9.95. The Hall–Kier alpha value is -1.55. The van der Waals surface area contributed by atoms with Crippen molar-refractivity contribution in [2.24, 2.45) is 11.8 Å². The number of carbonyl (C=O) groups is 2. The van der Waals surface area contributed by atoms with Crippen LogP contribution in [0.15, 0.2) is 24.3 Å². The summed E-state index contributed by atoms with van der Waals surface area (Å²) in [5, 5.41) is 6.49. The van der Waals surface area contributed by atoms with Gasteiger partial charge >= 0.3 is 0 Å². The molecule has 0 aliphatic heterocycles. The summed E-state index contributed by atoms with van der Waals surface area (Å²) in [6.07, 6.45) is 1.55. The van der Waals surface area contributed by atoms with Gasteiger partial charge in [0.1, 0.15) is 0 Å². The van der Waals surface area contributed by atoms with Gasteiger partial charge in [-0.15, -0.1) is 0 Å². The third-order valence-corrected chi connectivity index (χ3v) is 4.13. The summed E-state index contributed by atoms with van der Waals surface area (Å²) in [4.78, 5) is 22.8. The van der Waals surface area contributed by atoms with Crippen LogP contribution in [0.4, 0.5) is 0 Å². The van der Waals surface area contributed by atoms with E-state index in [9.17, 15) is 9.59 Å². The Balaban J connectivity index is 1.73. The van der Waals surface area contributed by atoms with E-state index in [0.29, 0.717) is 29.8 Å². The molecule has 114 valence electrons. The molecule has 0 heterocycles. The number of hydrogen-bond acceptors (Lipinski definition) is 2. The number of benzene rings is 1. The van der Waals surface area contributed by atoms with Crippen LogP contribution in [0.5, 0.6) is 0 Å². The average Bonchev–Trinajstić information content (AvgIpc) is 3.15. The highest BCUT2D eigenvalue weighted by molar-refractivity contribution is 6.30. The zero-order chi connectivity index (χ0) is 15.4. The largest absolute Gasteiger partial charge is 0.356 e. The molecule has 2 amide bonds. The molecular weight excluding hydrogens is 288 g/mol. The fourth-order valence-corrected chi connectivity index (χ4v) is 2.58. The van der Waals surface area contributed by atoms with Crippen molar-refractivity contribution in [1.29, 1.82) is 0 Å². The molecule has 1 aliphatic carbocycles. The maximum absolute atomic E-state index is 12.0. The Bertz CT molecular complexity index is 516. The van der Waals surface area contributed by atoms with Crippen molar-refractivity contribution in [2.45, 2.75) is 32.7 Å². The summed E-state index contributed by atoms with van der Waals surface area (Å²) in [5.74, 6) is 0.897. The quantitative estimate of drug-likeness (QED) is 0.849. The molecule has 3 atom stereocenters. The van der Waals surface area contributed by atoms with Crippen LogP contribution in [0, 0.1) is 11.8 Å². The van der Waals surface area contributed by atoms with Gasteiger partial charge < -0.3 is 10.6 Å². The number of halogens is 1. The average molecular weight is 309 g/mol. The molecule has 0 aromatic heterocycles. The van der Waals surface area contributed by atoms with Gasteiger partial charge in [0.2, 0.25) is 11.8 Å². The molecule has 1 fully saturated rings. The van der Waals surface area contributed by atoms with Crippen LogP contribution in [0.25, 0.3) is 0 Å². The topological polar surface area (TPSA) is 58.2 Å². The SMILES string of the molecule is CC(=O)NCC1CC1CC(=O)NC(C)c1ccc(Cl)cc1.